The molecule has 0 saturated heterocycles. The molecule has 0 radical (unpaired) electrons. The van der Waals surface area contributed by atoms with Crippen molar-refractivity contribution in [1.29, 1.82) is 0 Å². The van der Waals surface area contributed by atoms with Crippen LogP contribution in [-0.4, -0.2) is 26.6 Å². The van der Waals surface area contributed by atoms with Crippen molar-refractivity contribution in [2.45, 2.75) is 6.92 Å². The van der Waals surface area contributed by atoms with E-state index in [4.69, 9.17) is 16.3 Å². The van der Waals surface area contributed by atoms with Crippen LogP contribution in [0.25, 0.3) is 0 Å². The Bertz CT molecular complexity index is 644. The number of nitrogens with zero attached hydrogens (tertiary/aromatic N) is 2. The Labute approximate surface area is 136 Å². The van der Waals surface area contributed by atoms with Gasteiger partial charge in [0.15, 0.2) is 0 Å². The van der Waals surface area contributed by atoms with Crippen LogP contribution in [0, 0.1) is 0 Å². The molecule has 22 heavy (non-hydrogen) atoms. The van der Waals surface area contributed by atoms with E-state index < -0.39 is 0 Å². The largest absolute Gasteiger partial charge is 0.365 e. The number of anilines is 2. The van der Waals surface area contributed by atoms with Crippen LogP contribution >= 0.6 is 11.6 Å². The van der Waals surface area contributed by atoms with Gasteiger partial charge in [-0.05, 0) is 37.3 Å². The molecule has 5 heteroatoms. The summed E-state index contributed by atoms with van der Waals surface area (Å²) in [6.45, 7) is 2.39. The summed E-state index contributed by atoms with van der Waals surface area (Å²) in [6.07, 6.45) is 0. The zero-order valence-electron chi connectivity index (χ0n) is 13.0. The van der Waals surface area contributed by atoms with Crippen LogP contribution in [0.4, 0.5) is 11.4 Å². The van der Waals surface area contributed by atoms with Gasteiger partial charge in [0.05, 0.1) is 11.4 Å². The minimum atomic E-state index is 0.427. The van der Waals surface area contributed by atoms with Gasteiger partial charge in [-0.1, -0.05) is 29.8 Å². The summed E-state index contributed by atoms with van der Waals surface area (Å²) in [7, 11) is 3.57. The van der Waals surface area contributed by atoms with Crippen LogP contribution in [0.1, 0.15) is 12.5 Å². The van der Waals surface area contributed by atoms with Crippen molar-refractivity contribution < 1.29 is 4.74 Å². The number of ether oxygens (including phenoxy) is 1. The Morgan fingerprint density at radius 1 is 1.23 bits per heavy atom. The van der Waals surface area contributed by atoms with Gasteiger partial charge in [0.2, 0.25) is 0 Å². The van der Waals surface area contributed by atoms with Crippen LogP contribution in [0.3, 0.4) is 0 Å². The van der Waals surface area contributed by atoms with Crippen molar-refractivity contribution in [1.82, 2.24) is 0 Å². The fourth-order valence-corrected chi connectivity index (χ4v) is 2.27. The Balaban J connectivity index is 2.29. The minimum absolute atomic E-state index is 0.427. The van der Waals surface area contributed by atoms with Crippen molar-refractivity contribution in [3.63, 3.8) is 0 Å². The van der Waals surface area contributed by atoms with E-state index in [9.17, 15) is 0 Å². The van der Waals surface area contributed by atoms with E-state index >= 15 is 0 Å². The molecule has 2 aromatic carbocycles. The van der Waals surface area contributed by atoms with E-state index in [1.165, 1.54) is 0 Å². The number of methoxy groups -OCH3 is 1. The third-order valence-electron chi connectivity index (χ3n) is 3.21. The Morgan fingerprint density at radius 3 is 2.64 bits per heavy atom. The highest BCUT2D eigenvalue weighted by atomic mass is 35.5. The molecule has 0 bridgehead atoms. The maximum Gasteiger partial charge on any atom is 0.116 e. The summed E-state index contributed by atoms with van der Waals surface area (Å²) >= 11 is 6.12. The van der Waals surface area contributed by atoms with E-state index in [-0.39, 0.29) is 0 Å². The van der Waals surface area contributed by atoms with E-state index in [1.807, 2.05) is 67.5 Å². The average Bonchev–Trinajstić information content (AvgIpc) is 2.54. The number of benzene rings is 2. The number of para-hydroxylation sites is 1. The molecular weight excluding hydrogens is 298 g/mol. The lowest BCUT2D eigenvalue weighted by atomic mass is 10.1. The first-order valence-corrected chi connectivity index (χ1v) is 7.36. The molecule has 0 atom stereocenters. The van der Waals surface area contributed by atoms with E-state index in [0.717, 1.165) is 22.6 Å². The molecule has 0 heterocycles. The second kappa shape index (κ2) is 7.82. The van der Waals surface area contributed by atoms with Crippen LogP contribution in [0.2, 0.25) is 5.02 Å². The lowest BCUT2D eigenvalue weighted by Gasteiger charge is -2.16. The molecule has 2 rings (SSSR count). The van der Waals surface area contributed by atoms with Crippen molar-refractivity contribution in [3.8, 4) is 0 Å². The Kier molecular flexibility index (Phi) is 5.81. The van der Waals surface area contributed by atoms with E-state index in [0.29, 0.717) is 11.8 Å². The van der Waals surface area contributed by atoms with Gasteiger partial charge in [-0.2, -0.15) is 5.10 Å². The molecule has 0 aliphatic rings. The topological polar surface area (TPSA) is 36.9 Å². The number of nitrogens with one attached hydrogen (secondary N) is 1. The third kappa shape index (κ3) is 4.23. The third-order valence-corrected chi connectivity index (χ3v) is 3.44. The Hall–Kier alpha value is -2.04. The summed E-state index contributed by atoms with van der Waals surface area (Å²) in [6, 6.07) is 15.7. The molecule has 0 aromatic heterocycles. The molecule has 0 aliphatic carbocycles. The van der Waals surface area contributed by atoms with Gasteiger partial charge in [0.1, 0.15) is 6.73 Å². The number of halogens is 1. The van der Waals surface area contributed by atoms with Gasteiger partial charge in [-0.25, -0.2) is 0 Å². The molecule has 0 spiro atoms. The number of rotatable bonds is 6. The lowest BCUT2D eigenvalue weighted by Crippen LogP contribution is -2.14. The quantitative estimate of drug-likeness (QED) is 0.492. The minimum Gasteiger partial charge on any atom is -0.365 e. The van der Waals surface area contributed by atoms with Crippen molar-refractivity contribution >= 4 is 28.7 Å². The van der Waals surface area contributed by atoms with Gasteiger partial charge in [-0.3, -0.25) is 5.01 Å². The average molecular weight is 318 g/mol. The normalized spacial score (nSPS) is 11.4. The molecule has 0 unspecified atom stereocenters. The zero-order valence-corrected chi connectivity index (χ0v) is 13.8. The smallest absolute Gasteiger partial charge is 0.116 e. The predicted molar refractivity (Wildman–Crippen MR) is 94.0 cm³/mol. The maximum atomic E-state index is 6.12. The van der Waals surface area contributed by atoms with Crippen LogP contribution < -0.4 is 10.3 Å². The maximum absolute atomic E-state index is 6.12. The fourth-order valence-electron chi connectivity index (χ4n) is 2.10. The second-order valence-corrected chi connectivity index (χ2v) is 5.28. The van der Waals surface area contributed by atoms with Crippen LogP contribution in [0.15, 0.2) is 53.6 Å². The van der Waals surface area contributed by atoms with Crippen molar-refractivity contribution in [2.24, 2.45) is 5.10 Å². The zero-order chi connectivity index (χ0) is 15.9. The molecule has 116 valence electrons. The summed E-state index contributed by atoms with van der Waals surface area (Å²) in [5.41, 5.74) is 3.78. The fraction of sp³-hybridized carbons (Fsp3) is 0.235. The summed E-state index contributed by atoms with van der Waals surface area (Å²) < 4.78 is 5.07. The molecule has 1 N–H and O–H groups in total. The first kappa shape index (κ1) is 16.3. The predicted octanol–water partition coefficient (Wildman–Crippen LogP) is 4.22. The molecule has 0 amide bonds. The molecule has 0 saturated carbocycles. The van der Waals surface area contributed by atoms with Crippen LogP contribution in [0.5, 0.6) is 0 Å². The number of hydrazone groups is 1. The first-order valence-electron chi connectivity index (χ1n) is 6.98. The van der Waals surface area contributed by atoms with Gasteiger partial charge in [0.25, 0.3) is 0 Å². The summed E-state index contributed by atoms with van der Waals surface area (Å²) in [4.78, 5) is 0. The number of hydrogen-bond donors (Lipinski definition) is 1. The van der Waals surface area contributed by atoms with E-state index in [1.54, 1.807) is 7.11 Å². The van der Waals surface area contributed by atoms with Crippen molar-refractivity contribution in [2.75, 3.05) is 31.2 Å². The molecule has 2 aromatic rings. The lowest BCUT2D eigenvalue weighted by molar-refractivity contribution is 0.221. The number of hydrogen-bond acceptors (Lipinski definition) is 4. The standard InChI is InChI=1S/C17H20ClN3O/c1-13(20-21(2)15-7-5-4-6-8-15)16-11-14(18)9-10-17(16)19-12-22-3/h4-11,19H,12H2,1-3H3/b20-13+. The monoisotopic (exact) mass is 317 g/mol. The summed E-state index contributed by atoms with van der Waals surface area (Å²) in [5.74, 6) is 0. The first-order chi connectivity index (χ1) is 10.6. The molecule has 0 aliphatic heterocycles. The van der Waals surface area contributed by atoms with Crippen molar-refractivity contribution in [3.05, 3.63) is 59.1 Å². The van der Waals surface area contributed by atoms with Crippen LogP contribution in [-0.2, 0) is 4.74 Å². The molecular formula is C17H20ClN3O. The van der Waals surface area contributed by atoms with Gasteiger partial charge in [-0.15, -0.1) is 0 Å². The molecule has 4 nitrogen and oxygen atoms in total. The highest BCUT2D eigenvalue weighted by molar-refractivity contribution is 6.31. The molecule has 0 fully saturated rings. The highest BCUT2D eigenvalue weighted by Crippen LogP contribution is 2.22. The van der Waals surface area contributed by atoms with Gasteiger partial charge >= 0.3 is 0 Å². The SMILES string of the molecule is COCNc1ccc(Cl)cc1/C(C)=N/N(C)c1ccccc1. The van der Waals surface area contributed by atoms with E-state index in [2.05, 4.69) is 10.4 Å². The van der Waals surface area contributed by atoms with Gasteiger partial charge in [0, 0.05) is 30.4 Å². The second-order valence-electron chi connectivity index (χ2n) is 4.84. The Morgan fingerprint density at radius 2 is 1.95 bits per heavy atom. The van der Waals surface area contributed by atoms with Gasteiger partial charge < -0.3 is 10.1 Å². The highest BCUT2D eigenvalue weighted by Gasteiger charge is 2.08. The summed E-state index contributed by atoms with van der Waals surface area (Å²) in [5, 5.41) is 10.4.